The number of aryl methyl sites for hydroxylation is 1. The Morgan fingerprint density at radius 1 is 1.24 bits per heavy atom. The smallest absolute Gasteiger partial charge is 0.352 e. The molecule has 0 fully saturated rings. The molecule has 0 saturated carbocycles. The fraction of sp³-hybridized carbons (Fsp3) is 0.0833. The van der Waals surface area contributed by atoms with Gasteiger partial charge in [-0.25, -0.2) is 4.79 Å². The van der Waals surface area contributed by atoms with Gasteiger partial charge in [0.15, 0.2) is 0 Å². The van der Waals surface area contributed by atoms with E-state index in [1.165, 1.54) is 0 Å². The van der Waals surface area contributed by atoms with Gasteiger partial charge in [0, 0.05) is 20.8 Å². The minimum absolute atomic E-state index is 0.234. The first kappa shape index (κ1) is 12.4. The molecule has 0 aliphatic heterocycles. The molecule has 0 atom stereocenters. The summed E-state index contributed by atoms with van der Waals surface area (Å²) in [7, 11) is 0. The van der Waals surface area contributed by atoms with E-state index < -0.39 is 5.97 Å². The fourth-order valence-electron chi connectivity index (χ4n) is 1.64. The highest BCUT2D eigenvalue weighted by Crippen LogP contribution is 2.25. The van der Waals surface area contributed by atoms with Crippen LogP contribution in [0.2, 0.25) is 0 Å². The summed E-state index contributed by atoms with van der Waals surface area (Å²) in [5.41, 5.74) is 2.10. The van der Waals surface area contributed by atoms with Crippen molar-refractivity contribution in [3.63, 3.8) is 0 Å². The number of halogens is 2. The van der Waals surface area contributed by atoms with Crippen LogP contribution in [-0.4, -0.2) is 15.6 Å². The van der Waals surface area contributed by atoms with Crippen LogP contribution in [-0.2, 0) is 0 Å². The molecule has 1 aromatic heterocycles. The summed E-state index contributed by atoms with van der Waals surface area (Å²) >= 11 is 6.69. The van der Waals surface area contributed by atoms with E-state index in [0.29, 0.717) is 0 Å². The zero-order chi connectivity index (χ0) is 12.6. The van der Waals surface area contributed by atoms with E-state index in [2.05, 4.69) is 31.9 Å². The molecule has 0 aliphatic carbocycles. The van der Waals surface area contributed by atoms with Gasteiger partial charge in [-0.05, 0) is 46.6 Å². The van der Waals surface area contributed by atoms with Crippen molar-refractivity contribution in [2.24, 2.45) is 0 Å². The van der Waals surface area contributed by atoms with Gasteiger partial charge in [0.2, 0.25) is 0 Å². The van der Waals surface area contributed by atoms with E-state index in [4.69, 9.17) is 5.11 Å². The lowest BCUT2D eigenvalue weighted by Gasteiger charge is -2.10. The number of benzene rings is 1. The van der Waals surface area contributed by atoms with Crippen LogP contribution in [0.25, 0.3) is 5.69 Å². The molecular formula is C12H9Br2NO2. The summed E-state index contributed by atoms with van der Waals surface area (Å²) in [4.78, 5) is 11.2. The average Bonchev–Trinajstić information content (AvgIpc) is 2.64. The molecule has 0 amide bonds. The number of carbonyl (C=O) groups is 1. The van der Waals surface area contributed by atoms with E-state index >= 15 is 0 Å². The Labute approximate surface area is 115 Å². The predicted molar refractivity (Wildman–Crippen MR) is 72.9 cm³/mol. The zero-order valence-corrected chi connectivity index (χ0v) is 12.1. The standard InChI is InChI=1S/C12H9Br2NO2/c1-7-2-3-8(13)4-10(7)15-6-9(14)5-11(15)12(16)17/h2-6H,1H3,(H,16,17). The Balaban J connectivity index is 2.67. The molecule has 0 bridgehead atoms. The van der Waals surface area contributed by atoms with Crippen LogP contribution in [0.5, 0.6) is 0 Å². The van der Waals surface area contributed by atoms with Crippen molar-refractivity contribution in [2.45, 2.75) is 6.92 Å². The number of aromatic nitrogens is 1. The monoisotopic (exact) mass is 357 g/mol. The largest absolute Gasteiger partial charge is 0.477 e. The number of nitrogens with zero attached hydrogens (tertiary/aromatic N) is 1. The fourth-order valence-corrected chi connectivity index (χ4v) is 2.41. The van der Waals surface area contributed by atoms with Gasteiger partial charge in [-0.2, -0.15) is 0 Å². The van der Waals surface area contributed by atoms with Crippen molar-refractivity contribution in [2.75, 3.05) is 0 Å². The molecule has 88 valence electrons. The van der Waals surface area contributed by atoms with Crippen molar-refractivity contribution in [1.82, 2.24) is 4.57 Å². The topological polar surface area (TPSA) is 42.2 Å². The Morgan fingerprint density at radius 3 is 2.59 bits per heavy atom. The van der Waals surface area contributed by atoms with Crippen LogP contribution in [0.15, 0.2) is 39.4 Å². The van der Waals surface area contributed by atoms with Gasteiger partial charge in [-0.15, -0.1) is 0 Å². The highest BCUT2D eigenvalue weighted by atomic mass is 79.9. The van der Waals surface area contributed by atoms with Crippen LogP contribution >= 0.6 is 31.9 Å². The lowest BCUT2D eigenvalue weighted by Crippen LogP contribution is -2.06. The second-order valence-electron chi connectivity index (χ2n) is 3.65. The Kier molecular flexibility index (Phi) is 3.40. The summed E-state index contributed by atoms with van der Waals surface area (Å²) in [6.07, 6.45) is 1.75. The normalized spacial score (nSPS) is 10.5. The van der Waals surface area contributed by atoms with Crippen molar-refractivity contribution in [3.05, 3.63) is 50.7 Å². The molecule has 1 aromatic carbocycles. The first-order valence-corrected chi connectivity index (χ1v) is 6.45. The number of hydrogen-bond acceptors (Lipinski definition) is 1. The predicted octanol–water partition coefficient (Wildman–Crippen LogP) is 4.01. The van der Waals surface area contributed by atoms with Gasteiger partial charge in [-0.3, -0.25) is 0 Å². The number of hydrogen-bond donors (Lipinski definition) is 1. The second kappa shape index (κ2) is 4.66. The summed E-state index contributed by atoms with van der Waals surface area (Å²) in [5.74, 6) is -0.949. The lowest BCUT2D eigenvalue weighted by atomic mass is 10.2. The van der Waals surface area contributed by atoms with E-state index in [0.717, 1.165) is 20.2 Å². The molecule has 17 heavy (non-hydrogen) atoms. The molecule has 0 unspecified atom stereocenters. The van der Waals surface area contributed by atoms with Crippen LogP contribution in [0.3, 0.4) is 0 Å². The van der Waals surface area contributed by atoms with E-state index in [9.17, 15) is 4.79 Å². The van der Waals surface area contributed by atoms with Crippen LogP contribution < -0.4 is 0 Å². The third kappa shape index (κ3) is 2.45. The van der Waals surface area contributed by atoms with Gasteiger partial charge < -0.3 is 9.67 Å². The summed E-state index contributed by atoms with van der Waals surface area (Å²) in [6.45, 7) is 1.95. The highest BCUT2D eigenvalue weighted by Gasteiger charge is 2.14. The molecule has 2 rings (SSSR count). The summed E-state index contributed by atoms with van der Waals surface area (Å²) in [5, 5.41) is 9.15. The highest BCUT2D eigenvalue weighted by molar-refractivity contribution is 9.10. The van der Waals surface area contributed by atoms with Crippen LogP contribution in [0.4, 0.5) is 0 Å². The van der Waals surface area contributed by atoms with Crippen molar-refractivity contribution in [3.8, 4) is 5.69 Å². The molecule has 1 N–H and O–H groups in total. The van der Waals surface area contributed by atoms with Crippen molar-refractivity contribution < 1.29 is 9.90 Å². The second-order valence-corrected chi connectivity index (χ2v) is 5.48. The minimum Gasteiger partial charge on any atom is -0.477 e. The number of rotatable bonds is 2. The maximum atomic E-state index is 11.2. The van der Waals surface area contributed by atoms with Crippen molar-refractivity contribution in [1.29, 1.82) is 0 Å². The SMILES string of the molecule is Cc1ccc(Br)cc1-n1cc(Br)cc1C(=O)O. The van der Waals surface area contributed by atoms with Crippen molar-refractivity contribution >= 4 is 37.8 Å². The van der Waals surface area contributed by atoms with Gasteiger partial charge in [0.05, 0.1) is 0 Å². The molecule has 0 spiro atoms. The first-order valence-electron chi connectivity index (χ1n) is 4.87. The zero-order valence-electron chi connectivity index (χ0n) is 8.95. The maximum Gasteiger partial charge on any atom is 0.352 e. The maximum absolute atomic E-state index is 11.2. The number of carboxylic acid groups (broad SMARTS) is 1. The van der Waals surface area contributed by atoms with Crippen LogP contribution in [0.1, 0.15) is 16.1 Å². The molecule has 0 radical (unpaired) electrons. The molecule has 0 aliphatic rings. The van der Waals surface area contributed by atoms with Gasteiger partial charge in [0.25, 0.3) is 0 Å². The summed E-state index contributed by atoms with van der Waals surface area (Å²) < 4.78 is 3.32. The molecule has 0 saturated heterocycles. The lowest BCUT2D eigenvalue weighted by molar-refractivity contribution is 0.0688. The molecule has 1 heterocycles. The third-order valence-corrected chi connectivity index (χ3v) is 3.36. The molecule has 3 nitrogen and oxygen atoms in total. The third-order valence-electron chi connectivity index (χ3n) is 2.44. The Morgan fingerprint density at radius 2 is 1.94 bits per heavy atom. The van der Waals surface area contributed by atoms with Gasteiger partial charge >= 0.3 is 5.97 Å². The first-order chi connectivity index (χ1) is 7.99. The van der Waals surface area contributed by atoms with Crippen LogP contribution in [0, 0.1) is 6.92 Å². The number of carboxylic acids is 1. The minimum atomic E-state index is -0.949. The molecular weight excluding hydrogens is 350 g/mol. The molecule has 5 heteroatoms. The summed E-state index contributed by atoms with van der Waals surface area (Å²) in [6, 6.07) is 7.35. The van der Waals surface area contributed by atoms with E-state index in [1.54, 1.807) is 16.8 Å². The Bertz CT molecular complexity index is 590. The average molecular weight is 359 g/mol. The van der Waals surface area contributed by atoms with E-state index in [-0.39, 0.29) is 5.69 Å². The molecule has 2 aromatic rings. The van der Waals surface area contributed by atoms with Gasteiger partial charge in [-0.1, -0.05) is 22.0 Å². The quantitative estimate of drug-likeness (QED) is 0.881. The van der Waals surface area contributed by atoms with Gasteiger partial charge in [0.1, 0.15) is 5.69 Å². The van der Waals surface area contributed by atoms with E-state index in [1.807, 2.05) is 25.1 Å². The Hall–Kier alpha value is -1.07. The number of aromatic carboxylic acids is 1.